The van der Waals surface area contributed by atoms with Gasteiger partial charge in [0.05, 0.1) is 18.3 Å². The first kappa shape index (κ1) is 52.3. The lowest BCUT2D eigenvalue weighted by molar-refractivity contribution is -0.190. The average molecular weight is 964 g/mol. The number of hydrogen-bond donors (Lipinski definition) is 0. The summed E-state index contributed by atoms with van der Waals surface area (Å²) >= 11 is 0. The van der Waals surface area contributed by atoms with Gasteiger partial charge < -0.3 is 14.3 Å². The van der Waals surface area contributed by atoms with E-state index >= 15 is 0 Å². The standard InChI is InChI=1S/C64H106N4O2/c1-6-8-38-69-53-30-26-51(27-31-53)67(49-22-10-43(3)11-23-49)61-40-59(46-16-14-45(42-65)15-17-46)55-34-36-58-62(41-60(47-18-20-48(66-5)21-19-47)56-35-37-57(61)63(55)64(56)58)68(50-24-12-44(4)13-25-50)52-28-32-54(33-29-52)70-39-9-7-2/h43-64H,6-41H2,1-4H3. The lowest BCUT2D eigenvalue weighted by Gasteiger charge is -2.68. The molecule has 10 unspecified atom stereocenters. The van der Waals surface area contributed by atoms with E-state index in [2.05, 4.69) is 48.4 Å². The summed E-state index contributed by atoms with van der Waals surface area (Å²) in [5, 5.41) is 10.2. The zero-order valence-corrected chi connectivity index (χ0v) is 45.8. The summed E-state index contributed by atoms with van der Waals surface area (Å²) in [4.78, 5) is 11.0. The van der Waals surface area contributed by atoms with Gasteiger partial charge in [-0.1, -0.05) is 40.5 Å². The molecule has 10 saturated carbocycles. The Kier molecular flexibility index (Phi) is 18.4. The molecule has 6 nitrogen and oxygen atoms in total. The molecular formula is C64H106N4O2. The van der Waals surface area contributed by atoms with Crippen molar-refractivity contribution in [3.63, 3.8) is 0 Å². The van der Waals surface area contributed by atoms with Crippen LogP contribution >= 0.6 is 0 Å². The second kappa shape index (κ2) is 24.7. The predicted molar refractivity (Wildman–Crippen MR) is 287 cm³/mol. The highest BCUT2D eigenvalue weighted by Crippen LogP contribution is 2.67. The molecule has 0 aromatic heterocycles. The lowest BCUT2D eigenvalue weighted by Crippen LogP contribution is -2.67. The zero-order valence-electron chi connectivity index (χ0n) is 45.8. The number of rotatable bonds is 16. The average Bonchev–Trinajstić information content (AvgIpc) is 3.40. The Balaban J connectivity index is 1.01. The molecule has 10 fully saturated rings. The van der Waals surface area contributed by atoms with Crippen molar-refractivity contribution in [3.8, 4) is 6.07 Å². The number of nitriles is 1. The van der Waals surface area contributed by atoms with Gasteiger partial charge in [-0.2, -0.15) is 5.26 Å². The van der Waals surface area contributed by atoms with Crippen molar-refractivity contribution in [2.45, 2.75) is 301 Å². The number of hydrogen-bond acceptors (Lipinski definition) is 5. The minimum Gasteiger partial charge on any atom is -0.378 e. The van der Waals surface area contributed by atoms with E-state index in [1.807, 2.05) is 0 Å². The van der Waals surface area contributed by atoms with Crippen LogP contribution in [0.3, 0.4) is 0 Å². The molecule has 394 valence electrons. The maximum absolute atomic E-state index is 10.2. The van der Waals surface area contributed by atoms with Crippen molar-refractivity contribution < 1.29 is 9.47 Å². The molecule has 0 N–H and O–H groups in total. The van der Waals surface area contributed by atoms with Crippen LogP contribution < -0.4 is 0 Å². The van der Waals surface area contributed by atoms with Gasteiger partial charge in [0.2, 0.25) is 6.04 Å². The van der Waals surface area contributed by atoms with Gasteiger partial charge in [0.25, 0.3) is 0 Å². The van der Waals surface area contributed by atoms with E-state index in [-0.39, 0.29) is 12.0 Å². The molecule has 0 aromatic rings. The largest absolute Gasteiger partial charge is 0.378 e. The second-order valence-electron chi connectivity index (χ2n) is 27.4. The number of unbranched alkanes of at least 4 members (excludes halogenated alkanes) is 2. The van der Waals surface area contributed by atoms with Crippen LogP contribution in [0.4, 0.5) is 0 Å². The Bertz CT molecular complexity index is 1540. The van der Waals surface area contributed by atoms with Crippen LogP contribution in [-0.4, -0.2) is 77.5 Å². The van der Waals surface area contributed by atoms with E-state index in [0.29, 0.717) is 12.2 Å². The van der Waals surface area contributed by atoms with Crippen LogP contribution in [0, 0.1) is 94.8 Å². The first-order valence-corrected chi connectivity index (χ1v) is 31.9. The van der Waals surface area contributed by atoms with Gasteiger partial charge in [0.1, 0.15) is 0 Å². The van der Waals surface area contributed by atoms with E-state index in [4.69, 9.17) is 16.0 Å². The Morgan fingerprint density at radius 1 is 0.457 bits per heavy atom. The number of nitrogens with zero attached hydrogens (tertiary/aromatic N) is 4. The van der Waals surface area contributed by atoms with Crippen LogP contribution in [0.15, 0.2) is 0 Å². The van der Waals surface area contributed by atoms with Crippen molar-refractivity contribution in [2.24, 2.45) is 76.9 Å². The quantitative estimate of drug-likeness (QED) is 0.114. The summed E-state index contributed by atoms with van der Waals surface area (Å²) in [5.41, 5.74) is 0. The third kappa shape index (κ3) is 11.5. The van der Waals surface area contributed by atoms with Gasteiger partial charge >= 0.3 is 0 Å². The molecule has 0 aromatic carbocycles. The lowest BCUT2D eigenvalue weighted by atomic mass is 9.41. The summed E-state index contributed by atoms with van der Waals surface area (Å²) in [7, 11) is 0. The smallest absolute Gasteiger partial charge is 0.223 e. The van der Waals surface area contributed by atoms with Crippen LogP contribution in [0.1, 0.15) is 246 Å². The Labute approximate surface area is 430 Å². The molecular weight excluding hydrogens is 857 g/mol. The first-order valence-electron chi connectivity index (χ1n) is 31.9. The van der Waals surface area contributed by atoms with Crippen LogP contribution in [-0.2, 0) is 9.47 Å². The molecule has 0 heterocycles. The fourth-order valence-corrected chi connectivity index (χ4v) is 20.1. The highest BCUT2D eigenvalue weighted by molar-refractivity contribution is 5.14. The summed E-state index contributed by atoms with van der Waals surface area (Å²) in [6.07, 6.45) is 46.6. The third-order valence-electron chi connectivity index (χ3n) is 23.7. The Morgan fingerprint density at radius 3 is 1.20 bits per heavy atom. The second-order valence-corrected chi connectivity index (χ2v) is 27.4. The van der Waals surface area contributed by atoms with Gasteiger partial charge in [-0.15, -0.1) is 0 Å². The molecule has 0 radical (unpaired) electrons. The van der Waals surface area contributed by atoms with Gasteiger partial charge in [0, 0.05) is 68.2 Å². The highest BCUT2D eigenvalue weighted by atomic mass is 16.5. The molecule has 70 heavy (non-hydrogen) atoms. The van der Waals surface area contributed by atoms with Crippen molar-refractivity contribution in [2.75, 3.05) is 13.2 Å². The fraction of sp³-hybridized carbons (Fsp3) is 0.969. The van der Waals surface area contributed by atoms with Crippen LogP contribution in [0.2, 0.25) is 0 Å². The van der Waals surface area contributed by atoms with E-state index < -0.39 is 0 Å². The van der Waals surface area contributed by atoms with E-state index in [1.165, 1.54) is 193 Å². The number of ether oxygens (including phenoxy) is 2. The van der Waals surface area contributed by atoms with Crippen molar-refractivity contribution >= 4 is 0 Å². The summed E-state index contributed by atoms with van der Waals surface area (Å²) < 4.78 is 13.2. The topological polar surface area (TPSA) is 53.1 Å². The summed E-state index contributed by atoms with van der Waals surface area (Å²) in [6.45, 7) is 19.7. The van der Waals surface area contributed by atoms with E-state index in [0.717, 1.165) is 146 Å². The van der Waals surface area contributed by atoms with Gasteiger partial charge in [-0.05, 0) is 264 Å². The van der Waals surface area contributed by atoms with Crippen molar-refractivity contribution in [3.05, 3.63) is 11.4 Å². The predicted octanol–water partition coefficient (Wildman–Crippen LogP) is 15.9. The maximum Gasteiger partial charge on any atom is 0.223 e. The minimum atomic E-state index is 0.274. The van der Waals surface area contributed by atoms with Gasteiger partial charge in [0.15, 0.2) is 0 Å². The zero-order chi connectivity index (χ0) is 48.1. The molecule has 0 saturated heterocycles. The maximum atomic E-state index is 10.2. The monoisotopic (exact) mass is 963 g/mol. The molecule has 6 heteroatoms. The summed E-state index contributed by atoms with van der Waals surface area (Å²) in [5.74, 6) is 10.7. The third-order valence-corrected chi connectivity index (χ3v) is 23.7. The highest BCUT2D eigenvalue weighted by Gasteiger charge is 2.63. The first-order chi connectivity index (χ1) is 34.3. The van der Waals surface area contributed by atoms with E-state index in [9.17, 15) is 5.26 Å². The van der Waals surface area contributed by atoms with E-state index in [1.54, 1.807) is 0 Å². The molecule has 10 rings (SSSR count). The molecule has 0 amide bonds. The fourth-order valence-electron chi connectivity index (χ4n) is 20.1. The molecule has 0 bridgehead atoms. The van der Waals surface area contributed by atoms with Crippen LogP contribution in [0.25, 0.3) is 4.85 Å². The van der Waals surface area contributed by atoms with Crippen LogP contribution in [0.5, 0.6) is 0 Å². The SMILES string of the molecule is [C-]#[N+]C1CCC(C2CC(N(C3CCC(C)CC3)C3CCC(OCCCC)CC3)C3CCC4C(C5CCC(C#N)CC5)CC(N(C5CCC(C)CC5)C5CCC(OCCCC)CC5)C5CCC2C3C45)CC1. The molecule has 0 aliphatic heterocycles. The molecule has 10 atom stereocenters. The molecule has 0 spiro atoms. The normalized spacial score (nSPS) is 46.7. The van der Waals surface area contributed by atoms with Crippen molar-refractivity contribution in [1.29, 1.82) is 5.26 Å². The van der Waals surface area contributed by atoms with Gasteiger partial charge in [-0.3, -0.25) is 9.80 Å². The molecule has 10 aliphatic rings. The molecule has 10 aliphatic carbocycles. The Morgan fingerprint density at radius 2 is 0.829 bits per heavy atom. The van der Waals surface area contributed by atoms with Gasteiger partial charge in [-0.25, -0.2) is 6.57 Å². The van der Waals surface area contributed by atoms with Crippen molar-refractivity contribution in [1.82, 2.24) is 9.80 Å². The Hall–Kier alpha value is -1.18. The minimum absolute atomic E-state index is 0.274. The summed E-state index contributed by atoms with van der Waals surface area (Å²) in [6, 6.07) is 7.52.